The van der Waals surface area contributed by atoms with E-state index in [1.165, 1.54) is 32.4 Å². The maximum atomic E-state index is 4.38. The van der Waals surface area contributed by atoms with Crippen LogP contribution < -0.4 is 4.90 Å². The lowest BCUT2D eigenvalue weighted by atomic mass is 9.77. The number of piperidine rings is 1. The number of hydrogen-bond acceptors (Lipinski definition) is 4. The first-order valence-corrected chi connectivity index (χ1v) is 7.76. The molecule has 4 heteroatoms. The van der Waals surface area contributed by atoms with Crippen LogP contribution in [-0.2, 0) is 0 Å². The molecule has 0 N–H and O–H groups in total. The highest BCUT2D eigenvalue weighted by Crippen LogP contribution is 2.42. The van der Waals surface area contributed by atoms with Crippen LogP contribution in [0.3, 0.4) is 0 Å². The van der Waals surface area contributed by atoms with Gasteiger partial charge < -0.3 is 4.90 Å². The average Bonchev–Trinajstić information content (AvgIpc) is 2.85. The molecule has 110 valence electrons. The highest BCUT2D eigenvalue weighted by Gasteiger charge is 2.43. The van der Waals surface area contributed by atoms with Gasteiger partial charge >= 0.3 is 0 Å². The van der Waals surface area contributed by atoms with E-state index in [4.69, 9.17) is 0 Å². The lowest BCUT2D eigenvalue weighted by Gasteiger charge is -2.41. The van der Waals surface area contributed by atoms with E-state index in [0.717, 1.165) is 19.0 Å². The normalized spacial score (nSPS) is 23.4. The molecule has 0 atom stereocenters. The van der Waals surface area contributed by atoms with Crippen LogP contribution in [0, 0.1) is 5.41 Å². The van der Waals surface area contributed by atoms with Gasteiger partial charge in [-0.2, -0.15) is 0 Å². The molecule has 0 radical (unpaired) electrons. The van der Waals surface area contributed by atoms with Crippen LogP contribution in [0.4, 0.5) is 5.95 Å². The Bertz CT molecular complexity index is 443. The lowest BCUT2D eigenvalue weighted by molar-refractivity contribution is 0.135. The lowest BCUT2D eigenvalue weighted by Crippen LogP contribution is -2.45. The number of nitrogens with zero attached hydrogens (tertiary/aromatic N) is 4. The van der Waals surface area contributed by atoms with Crippen molar-refractivity contribution in [3.8, 4) is 0 Å². The second-order valence-electron chi connectivity index (χ2n) is 7.38. The molecule has 20 heavy (non-hydrogen) atoms. The summed E-state index contributed by atoms with van der Waals surface area (Å²) in [5, 5.41) is 0. The van der Waals surface area contributed by atoms with Gasteiger partial charge in [0.2, 0.25) is 5.95 Å². The molecule has 1 aromatic heterocycles. The van der Waals surface area contributed by atoms with E-state index in [1.54, 1.807) is 0 Å². The molecule has 2 saturated heterocycles. The summed E-state index contributed by atoms with van der Waals surface area (Å²) in [5.74, 6) is 0.896. The van der Waals surface area contributed by atoms with Gasteiger partial charge in [0.25, 0.3) is 0 Å². The highest BCUT2D eigenvalue weighted by molar-refractivity contribution is 5.29. The third-order valence-electron chi connectivity index (χ3n) is 5.05. The van der Waals surface area contributed by atoms with Gasteiger partial charge in [-0.15, -0.1) is 0 Å². The standard InChI is InChI=1S/C16H26N4/c1-15(2,3)20-12-7-16(13-20)5-10-19(11-6-16)14-17-8-4-9-18-14/h4,8-9H,5-7,10-13H2,1-3H3. The van der Waals surface area contributed by atoms with E-state index >= 15 is 0 Å². The van der Waals surface area contributed by atoms with Gasteiger partial charge in [-0.25, -0.2) is 9.97 Å². The molecule has 0 amide bonds. The van der Waals surface area contributed by atoms with Crippen molar-refractivity contribution in [2.75, 3.05) is 31.1 Å². The van der Waals surface area contributed by atoms with E-state index in [-0.39, 0.29) is 0 Å². The monoisotopic (exact) mass is 274 g/mol. The zero-order chi connectivity index (χ0) is 14.2. The number of hydrogen-bond donors (Lipinski definition) is 0. The second kappa shape index (κ2) is 4.99. The minimum atomic E-state index is 0.309. The smallest absolute Gasteiger partial charge is 0.225 e. The van der Waals surface area contributed by atoms with Crippen molar-refractivity contribution >= 4 is 5.95 Å². The molecule has 0 aliphatic carbocycles. The predicted molar refractivity (Wildman–Crippen MR) is 81.9 cm³/mol. The molecule has 2 fully saturated rings. The Morgan fingerprint density at radius 2 is 1.60 bits per heavy atom. The molecule has 0 bridgehead atoms. The van der Waals surface area contributed by atoms with Crippen molar-refractivity contribution in [3.05, 3.63) is 18.5 Å². The van der Waals surface area contributed by atoms with Crippen LogP contribution in [-0.4, -0.2) is 46.6 Å². The molecule has 1 spiro atoms. The zero-order valence-corrected chi connectivity index (χ0v) is 13.0. The molecule has 1 aromatic rings. The fourth-order valence-corrected chi connectivity index (χ4v) is 3.55. The fraction of sp³-hybridized carbons (Fsp3) is 0.750. The van der Waals surface area contributed by atoms with Gasteiger partial charge in [0, 0.05) is 37.6 Å². The summed E-state index contributed by atoms with van der Waals surface area (Å²) < 4.78 is 0. The Balaban J connectivity index is 1.62. The van der Waals surface area contributed by atoms with Crippen molar-refractivity contribution in [1.82, 2.24) is 14.9 Å². The first kappa shape index (κ1) is 13.8. The largest absolute Gasteiger partial charge is 0.341 e. The third kappa shape index (κ3) is 2.66. The molecule has 2 aliphatic rings. The Morgan fingerprint density at radius 3 is 2.15 bits per heavy atom. The first-order valence-electron chi connectivity index (χ1n) is 7.76. The van der Waals surface area contributed by atoms with Crippen LogP contribution in [0.1, 0.15) is 40.0 Å². The molecule has 3 heterocycles. The summed E-state index contributed by atoms with van der Waals surface area (Å²) in [6, 6.07) is 1.88. The van der Waals surface area contributed by atoms with Crippen LogP contribution >= 0.6 is 0 Å². The predicted octanol–water partition coefficient (Wildman–Crippen LogP) is 2.57. The summed E-state index contributed by atoms with van der Waals surface area (Å²) in [5.41, 5.74) is 0.849. The summed E-state index contributed by atoms with van der Waals surface area (Å²) in [7, 11) is 0. The van der Waals surface area contributed by atoms with E-state index in [9.17, 15) is 0 Å². The van der Waals surface area contributed by atoms with Crippen molar-refractivity contribution in [2.45, 2.75) is 45.6 Å². The maximum absolute atomic E-state index is 4.38. The Hall–Kier alpha value is -1.16. The molecular weight excluding hydrogens is 248 g/mol. The van der Waals surface area contributed by atoms with E-state index in [2.05, 4.69) is 40.5 Å². The summed E-state index contributed by atoms with van der Waals surface area (Å²) in [4.78, 5) is 13.7. The van der Waals surface area contributed by atoms with Gasteiger partial charge in [0.05, 0.1) is 0 Å². The SMILES string of the molecule is CC(C)(C)N1CCC2(CCN(c3ncccn3)CC2)C1. The summed E-state index contributed by atoms with van der Waals surface area (Å²) in [6.07, 6.45) is 7.58. The van der Waals surface area contributed by atoms with E-state index < -0.39 is 0 Å². The minimum absolute atomic E-state index is 0.309. The Labute approximate surface area is 122 Å². The van der Waals surface area contributed by atoms with Crippen LogP contribution in [0.2, 0.25) is 0 Å². The number of anilines is 1. The van der Waals surface area contributed by atoms with Crippen molar-refractivity contribution in [2.24, 2.45) is 5.41 Å². The second-order valence-corrected chi connectivity index (χ2v) is 7.38. The maximum Gasteiger partial charge on any atom is 0.225 e. The van der Waals surface area contributed by atoms with Gasteiger partial charge in [-0.1, -0.05) is 0 Å². The van der Waals surface area contributed by atoms with Gasteiger partial charge in [-0.05, 0) is 58.1 Å². The van der Waals surface area contributed by atoms with Gasteiger partial charge in [-0.3, -0.25) is 4.90 Å². The average molecular weight is 274 g/mol. The van der Waals surface area contributed by atoms with Crippen molar-refractivity contribution < 1.29 is 0 Å². The Kier molecular flexibility index (Phi) is 3.44. The summed E-state index contributed by atoms with van der Waals surface area (Å²) >= 11 is 0. The molecule has 0 saturated carbocycles. The topological polar surface area (TPSA) is 32.3 Å². The van der Waals surface area contributed by atoms with Crippen molar-refractivity contribution in [3.63, 3.8) is 0 Å². The minimum Gasteiger partial charge on any atom is -0.341 e. The molecule has 4 nitrogen and oxygen atoms in total. The fourth-order valence-electron chi connectivity index (χ4n) is 3.55. The van der Waals surface area contributed by atoms with Crippen LogP contribution in [0.15, 0.2) is 18.5 Å². The highest BCUT2D eigenvalue weighted by atomic mass is 15.3. The zero-order valence-electron chi connectivity index (χ0n) is 13.0. The van der Waals surface area contributed by atoms with Crippen molar-refractivity contribution in [1.29, 1.82) is 0 Å². The van der Waals surface area contributed by atoms with Crippen LogP contribution in [0.5, 0.6) is 0 Å². The molecule has 2 aliphatic heterocycles. The Morgan fingerprint density at radius 1 is 1.00 bits per heavy atom. The molecule has 0 unspecified atom stereocenters. The third-order valence-corrected chi connectivity index (χ3v) is 5.05. The van der Waals surface area contributed by atoms with E-state index in [0.29, 0.717) is 11.0 Å². The van der Waals surface area contributed by atoms with Gasteiger partial charge in [0.1, 0.15) is 0 Å². The first-order chi connectivity index (χ1) is 9.49. The molecular formula is C16H26N4. The quantitative estimate of drug-likeness (QED) is 0.788. The van der Waals surface area contributed by atoms with E-state index in [1.807, 2.05) is 18.5 Å². The number of rotatable bonds is 1. The summed E-state index contributed by atoms with van der Waals surface area (Å²) in [6.45, 7) is 11.7. The van der Waals surface area contributed by atoms with Crippen LogP contribution in [0.25, 0.3) is 0 Å². The molecule has 3 rings (SSSR count). The number of likely N-dealkylation sites (tertiary alicyclic amines) is 1. The molecule has 0 aromatic carbocycles. The van der Waals surface area contributed by atoms with Gasteiger partial charge in [0.15, 0.2) is 0 Å². The number of aromatic nitrogens is 2.